The zero-order chi connectivity index (χ0) is 11.5. The van der Waals surface area contributed by atoms with Crippen molar-refractivity contribution in [1.29, 1.82) is 0 Å². The van der Waals surface area contributed by atoms with Crippen molar-refractivity contribution < 1.29 is 9.52 Å². The molecule has 0 fully saturated rings. The van der Waals surface area contributed by atoms with Gasteiger partial charge in [0.1, 0.15) is 17.4 Å². The number of aliphatic hydroxyl groups excluding tert-OH is 1. The standard InChI is InChI=1S/C14H14O2/c1-3-4-5-12(15)14-9-11-8-10(2)6-7-13(11)16-14/h1,6-9,12,15H,4-5H2,2H3. The van der Waals surface area contributed by atoms with Gasteiger partial charge in [0.15, 0.2) is 0 Å². The molecule has 0 saturated heterocycles. The summed E-state index contributed by atoms with van der Waals surface area (Å²) < 4.78 is 5.56. The molecule has 2 nitrogen and oxygen atoms in total. The summed E-state index contributed by atoms with van der Waals surface area (Å²) in [5.41, 5.74) is 1.98. The highest BCUT2D eigenvalue weighted by molar-refractivity contribution is 5.78. The number of fused-ring (bicyclic) bond motifs is 1. The number of hydrogen-bond acceptors (Lipinski definition) is 2. The van der Waals surface area contributed by atoms with Gasteiger partial charge in [-0.05, 0) is 31.5 Å². The predicted octanol–water partition coefficient (Wildman–Crippen LogP) is 3.19. The highest BCUT2D eigenvalue weighted by Gasteiger charge is 2.12. The molecule has 1 heterocycles. The van der Waals surface area contributed by atoms with Gasteiger partial charge >= 0.3 is 0 Å². The Morgan fingerprint density at radius 1 is 1.44 bits per heavy atom. The molecule has 1 unspecified atom stereocenters. The number of aryl methyl sites for hydroxylation is 1. The van der Waals surface area contributed by atoms with Gasteiger partial charge in [0.05, 0.1) is 0 Å². The Bertz CT molecular complexity index is 531. The second-order valence-corrected chi connectivity index (χ2v) is 3.95. The van der Waals surface area contributed by atoms with Crippen molar-refractivity contribution in [2.45, 2.75) is 25.9 Å². The topological polar surface area (TPSA) is 33.4 Å². The van der Waals surface area contributed by atoms with E-state index in [2.05, 4.69) is 5.92 Å². The second-order valence-electron chi connectivity index (χ2n) is 3.95. The van der Waals surface area contributed by atoms with Crippen molar-refractivity contribution in [2.24, 2.45) is 0 Å². The molecule has 2 rings (SSSR count). The van der Waals surface area contributed by atoms with Crippen LogP contribution in [-0.4, -0.2) is 5.11 Å². The van der Waals surface area contributed by atoms with Crippen LogP contribution in [0.25, 0.3) is 11.0 Å². The average molecular weight is 214 g/mol. The maximum atomic E-state index is 9.83. The SMILES string of the molecule is C#CCCC(O)c1cc2cc(C)ccc2o1. The summed E-state index contributed by atoms with van der Waals surface area (Å²) in [6, 6.07) is 7.82. The van der Waals surface area contributed by atoms with E-state index in [-0.39, 0.29) is 0 Å². The molecule has 0 aliphatic rings. The maximum absolute atomic E-state index is 9.83. The van der Waals surface area contributed by atoms with Gasteiger partial charge in [-0.15, -0.1) is 12.3 Å². The Balaban J connectivity index is 2.29. The van der Waals surface area contributed by atoms with Crippen molar-refractivity contribution in [2.75, 3.05) is 0 Å². The third kappa shape index (κ3) is 2.10. The fourth-order valence-electron chi connectivity index (χ4n) is 1.71. The van der Waals surface area contributed by atoms with Crippen LogP contribution < -0.4 is 0 Å². The summed E-state index contributed by atoms with van der Waals surface area (Å²) in [6.45, 7) is 2.03. The zero-order valence-electron chi connectivity index (χ0n) is 9.23. The molecule has 0 spiro atoms. The van der Waals surface area contributed by atoms with E-state index < -0.39 is 6.10 Å². The van der Waals surface area contributed by atoms with Crippen LogP contribution in [0.4, 0.5) is 0 Å². The van der Waals surface area contributed by atoms with Crippen molar-refractivity contribution >= 4 is 11.0 Å². The largest absolute Gasteiger partial charge is 0.458 e. The van der Waals surface area contributed by atoms with Gasteiger partial charge in [-0.3, -0.25) is 0 Å². The van der Waals surface area contributed by atoms with E-state index >= 15 is 0 Å². The van der Waals surface area contributed by atoms with Crippen LogP contribution >= 0.6 is 0 Å². The Labute approximate surface area is 94.9 Å². The molecule has 16 heavy (non-hydrogen) atoms. The number of rotatable bonds is 3. The third-order valence-corrected chi connectivity index (χ3v) is 2.58. The van der Waals surface area contributed by atoms with Gasteiger partial charge in [0.2, 0.25) is 0 Å². The summed E-state index contributed by atoms with van der Waals surface area (Å²) in [7, 11) is 0. The summed E-state index contributed by atoms with van der Waals surface area (Å²) in [6.07, 6.45) is 5.64. The van der Waals surface area contributed by atoms with Crippen LogP contribution in [0.5, 0.6) is 0 Å². The highest BCUT2D eigenvalue weighted by Crippen LogP contribution is 2.26. The number of terminal acetylenes is 1. The third-order valence-electron chi connectivity index (χ3n) is 2.58. The quantitative estimate of drug-likeness (QED) is 0.796. The van der Waals surface area contributed by atoms with E-state index in [4.69, 9.17) is 10.8 Å². The van der Waals surface area contributed by atoms with Gasteiger partial charge in [-0.1, -0.05) is 11.6 Å². The molecule has 0 aliphatic heterocycles. The highest BCUT2D eigenvalue weighted by atomic mass is 16.4. The molecule has 1 aromatic heterocycles. The van der Waals surface area contributed by atoms with Crippen LogP contribution in [0.2, 0.25) is 0 Å². The first-order valence-corrected chi connectivity index (χ1v) is 5.32. The Hall–Kier alpha value is -1.72. The van der Waals surface area contributed by atoms with Crippen LogP contribution in [0.15, 0.2) is 28.7 Å². The Morgan fingerprint density at radius 3 is 3.00 bits per heavy atom. The molecule has 1 aromatic carbocycles. The van der Waals surface area contributed by atoms with E-state index in [0.717, 1.165) is 11.0 Å². The number of furan rings is 1. The van der Waals surface area contributed by atoms with Crippen LogP contribution in [0, 0.1) is 19.3 Å². The fraction of sp³-hybridized carbons (Fsp3) is 0.286. The van der Waals surface area contributed by atoms with E-state index in [1.165, 1.54) is 5.56 Å². The van der Waals surface area contributed by atoms with Crippen molar-refractivity contribution in [3.8, 4) is 12.3 Å². The van der Waals surface area contributed by atoms with Crippen molar-refractivity contribution in [1.82, 2.24) is 0 Å². The molecule has 0 radical (unpaired) electrons. The first-order valence-electron chi connectivity index (χ1n) is 5.32. The van der Waals surface area contributed by atoms with Gasteiger partial charge in [-0.2, -0.15) is 0 Å². The molecular formula is C14H14O2. The number of aliphatic hydroxyl groups is 1. The first-order chi connectivity index (χ1) is 7.70. The normalized spacial score (nSPS) is 12.6. The smallest absolute Gasteiger partial charge is 0.134 e. The summed E-state index contributed by atoms with van der Waals surface area (Å²) in [5, 5.41) is 10.9. The second kappa shape index (κ2) is 4.42. The predicted molar refractivity (Wildman–Crippen MR) is 64.0 cm³/mol. The minimum absolute atomic E-state index is 0.537. The van der Waals surface area contributed by atoms with Crippen LogP contribution in [0.3, 0.4) is 0 Å². The number of hydrogen-bond donors (Lipinski definition) is 1. The maximum Gasteiger partial charge on any atom is 0.134 e. The molecule has 1 N–H and O–H groups in total. The molecule has 1 atom stereocenters. The zero-order valence-corrected chi connectivity index (χ0v) is 9.23. The molecule has 0 saturated carbocycles. The first kappa shape index (κ1) is 10.8. The Kier molecular flexibility index (Phi) is 2.98. The van der Waals surface area contributed by atoms with Gasteiger partial charge in [0, 0.05) is 11.8 Å². The lowest BCUT2D eigenvalue weighted by Gasteiger charge is -2.03. The van der Waals surface area contributed by atoms with E-state index in [9.17, 15) is 5.11 Å². The minimum atomic E-state index is -0.608. The molecule has 82 valence electrons. The summed E-state index contributed by atoms with van der Waals surface area (Å²) in [5.74, 6) is 3.10. The monoisotopic (exact) mass is 214 g/mol. The van der Waals surface area contributed by atoms with Crippen LogP contribution in [0.1, 0.15) is 30.3 Å². The Morgan fingerprint density at radius 2 is 2.25 bits per heavy atom. The molecule has 0 amide bonds. The van der Waals surface area contributed by atoms with Gasteiger partial charge in [0.25, 0.3) is 0 Å². The lowest BCUT2D eigenvalue weighted by molar-refractivity contribution is 0.144. The molecule has 0 aliphatic carbocycles. The fourth-order valence-corrected chi connectivity index (χ4v) is 1.71. The van der Waals surface area contributed by atoms with Gasteiger partial charge < -0.3 is 9.52 Å². The van der Waals surface area contributed by atoms with E-state index in [1.807, 2.05) is 31.2 Å². The summed E-state index contributed by atoms with van der Waals surface area (Å²) in [4.78, 5) is 0. The minimum Gasteiger partial charge on any atom is -0.458 e. The van der Waals surface area contributed by atoms with E-state index in [0.29, 0.717) is 18.6 Å². The van der Waals surface area contributed by atoms with Gasteiger partial charge in [-0.25, -0.2) is 0 Å². The summed E-state index contributed by atoms with van der Waals surface area (Å²) >= 11 is 0. The average Bonchev–Trinajstić information content (AvgIpc) is 2.68. The molecule has 2 aromatic rings. The lowest BCUT2D eigenvalue weighted by Crippen LogP contribution is -1.93. The van der Waals surface area contributed by atoms with E-state index in [1.54, 1.807) is 0 Å². The lowest BCUT2D eigenvalue weighted by atomic mass is 10.1. The molecule has 2 heteroatoms. The molecular weight excluding hydrogens is 200 g/mol. The number of benzene rings is 1. The van der Waals surface area contributed by atoms with Crippen molar-refractivity contribution in [3.63, 3.8) is 0 Å². The van der Waals surface area contributed by atoms with Crippen LogP contribution in [-0.2, 0) is 0 Å². The molecule has 0 bridgehead atoms. The van der Waals surface area contributed by atoms with Crippen molar-refractivity contribution in [3.05, 3.63) is 35.6 Å².